The number of piperazine rings is 1. The number of urea groups is 1. The number of aryl methyl sites for hydroxylation is 1. The molecule has 1 saturated heterocycles. The lowest BCUT2D eigenvalue weighted by atomic mass is 10.1. The van der Waals surface area contributed by atoms with Gasteiger partial charge in [0.2, 0.25) is 5.91 Å². The molecule has 1 aromatic carbocycles. The van der Waals surface area contributed by atoms with E-state index in [9.17, 15) is 9.59 Å². The van der Waals surface area contributed by atoms with Gasteiger partial charge in [0.05, 0.1) is 17.1 Å². The minimum atomic E-state index is -0.418. The number of carbonyl (C=O) groups excluding carboxylic acids is 2. The summed E-state index contributed by atoms with van der Waals surface area (Å²) in [5, 5.41) is 6.19. The number of para-hydroxylation sites is 1. The van der Waals surface area contributed by atoms with Crippen molar-refractivity contribution in [3.63, 3.8) is 0 Å². The molecule has 0 bridgehead atoms. The second-order valence-corrected chi connectivity index (χ2v) is 7.52. The summed E-state index contributed by atoms with van der Waals surface area (Å²) < 4.78 is 0. The molecule has 3 rings (SSSR count). The average molecular weight is 388 g/mol. The van der Waals surface area contributed by atoms with Crippen LogP contribution in [0.1, 0.15) is 23.2 Å². The van der Waals surface area contributed by atoms with Crippen molar-refractivity contribution < 1.29 is 9.59 Å². The van der Waals surface area contributed by atoms with Crippen molar-refractivity contribution in [3.8, 4) is 0 Å². The predicted molar refractivity (Wildman–Crippen MR) is 107 cm³/mol. The zero-order chi connectivity index (χ0) is 19.2. The molecular weight excluding hydrogens is 362 g/mol. The number of anilines is 1. The highest BCUT2D eigenvalue weighted by molar-refractivity contribution is 7.09. The minimum absolute atomic E-state index is 0.109. The minimum Gasteiger partial charge on any atom is -0.369 e. The fraction of sp³-hybridized carbons (Fsp3) is 0.421. The molecule has 8 heteroatoms. The van der Waals surface area contributed by atoms with Gasteiger partial charge in [0.15, 0.2) is 0 Å². The molecule has 1 fully saturated rings. The first-order valence-corrected chi connectivity index (χ1v) is 10.0. The van der Waals surface area contributed by atoms with Crippen LogP contribution in [0.25, 0.3) is 0 Å². The summed E-state index contributed by atoms with van der Waals surface area (Å²) in [5.41, 5.74) is 7.76. The summed E-state index contributed by atoms with van der Waals surface area (Å²) >= 11 is 1.71. The Morgan fingerprint density at radius 1 is 1.22 bits per heavy atom. The standard InChI is InChI=1S/C19H25N5O2S/c1-2-18-21-15(13-27-18)12-23-7-9-24(10-8-23)19(26)22-16-6-4-3-5-14(16)11-17(20)25/h3-6,13H,2,7-12H2,1H3,(H2,20,25)(H,22,26). The molecule has 3 amide bonds. The Hall–Kier alpha value is -2.45. The van der Waals surface area contributed by atoms with E-state index in [1.807, 2.05) is 12.1 Å². The second kappa shape index (κ2) is 8.96. The van der Waals surface area contributed by atoms with Gasteiger partial charge in [-0.25, -0.2) is 9.78 Å². The molecule has 144 valence electrons. The molecule has 0 spiro atoms. The van der Waals surface area contributed by atoms with Gasteiger partial charge in [-0.15, -0.1) is 11.3 Å². The third-order valence-electron chi connectivity index (χ3n) is 4.57. The highest BCUT2D eigenvalue weighted by Crippen LogP contribution is 2.17. The molecule has 1 aliphatic heterocycles. The molecule has 0 aliphatic carbocycles. The van der Waals surface area contributed by atoms with E-state index in [0.29, 0.717) is 18.8 Å². The maximum atomic E-state index is 12.6. The predicted octanol–water partition coefficient (Wildman–Crippen LogP) is 2.08. The monoisotopic (exact) mass is 387 g/mol. The number of rotatable bonds is 6. The van der Waals surface area contributed by atoms with Crippen LogP contribution in [0, 0.1) is 0 Å². The van der Waals surface area contributed by atoms with Crippen molar-refractivity contribution in [2.75, 3.05) is 31.5 Å². The van der Waals surface area contributed by atoms with Crippen molar-refractivity contribution in [2.24, 2.45) is 5.73 Å². The van der Waals surface area contributed by atoms with E-state index in [2.05, 4.69) is 27.5 Å². The van der Waals surface area contributed by atoms with E-state index < -0.39 is 5.91 Å². The first-order valence-electron chi connectivity index (χ1n) is 9.13. The molecule has 2 heterocycles. The molecule has 1 aliphatic rings. The van der Waals surface area contributed by atoms with Crippen molar-refractivity contribution >= 4 is 29.0 Å². The lowest BCUT2D eigenvalue weighted by molar-refractivity contribution is -0.117. The number of thiazole rings is 1. The van der Waals surface area contributed by atoms with Gasteiger partial charge >= 0.3 is 6.03 Å². The molecule has 1 aromatic heterocycles. The summed E-state index contributed by atoms with van der Waals surface area (Å²) in [7, 11) is 0. The van der Waals surface area contributed by atoms with Crippen molar-refractivity contribution in [1.82, 2.24) is 14.8 Å². The number of benzene rings is 1. The van der Waals surface area contributed by atoms with E-state index in [1.54, 1.807) is 28.4 Å². The second-order valence-electron chi connectivity index (χ2n) is 6.58. The zero-order valence-corrected chi connectivity index (χ0v) is 16.3. The highest BCUT2D eigenvalue weighted by atomic mass is 32.1. The SMILES string of the molecule is CCc1nc(CN2CCN(C(=O)Nc3ccccc3CC(N)=O)CC2)cs1. The lowest BCUT2D eigenvalue weighted by Crippen LogP contribution is -2.49. The topological polar surface area (TPSA) is 91.6 Å². The van der Waals surface area contributed by atoms with Crippen LogP contribution in [0.4, 0.5) is 10.5 Å². The quantitative estimate of drug-likeness (QED) is 0.794. The van der Waals surface area contributed by atoms with Crippen molar-refractivity contribution in [2.45, 2.75) is 26.3 Å². The van der Waals surface area contributed by atoms with Crippen LogP contribution < -0.4 is 11.1 Å². The Labute approximate surface area is 163 Å². The van der Waals surface area contributed by atoms with E-state index in [-0.39, 0.29) is 12.5 Å². The molecule has 7 nitrogen and oxygen atoms in total. The maximum absolute atomic E-state index is 12.6. The third-order valence-corrected chi connectivity index (χ3v) is 5.61. The molecule has 2 aromatic rings. The van der Waals surface area contributed by atoms with E-state index >= 15 is 0 Å². The zero-order valence-electron chi connectivity index (χ0n) is 15.5. The molecule has 0 radical (unpaired) electrons. The lowest BCUT2D eigenvalue weighted by Gasteiger charge is -2.34. The van der Waals surface area contributed by atoms with E-state index in [4.69, 9.17) is 5.73 Å². The van der Waals surface area contributed by atoms with E-state index in [0.717, 1.165) is 42.3 Å². The summed E-state index contributed by atoms with van der Waals surface area (Å²) in [5.74, 6) is -0.418. The average Bonchev–Trinajstić information content (AvgIpc) is 3.11. The largest absolute Gasteiger partial charge is 0.369 e. The van der Waals surface area contributed by atoms with Crippen LogP contribution in [0.15, 0.2) is 29.6 Å². The fourth-order valence-electron chi connectivity index (χ4n) is 3.10. The number of nitrogens with one attached hydrogen (secondary N) is 1. The first-order chi connectivity index (χ1) is 13.0. The van der Waals surface area contributed by atoms with Gasteiger partial charge in [-0.1, -0.05) is 25.1 Å². The van der Waals surface area contributed by atoms with E-state index in [1.165, 1.54) is 0 Å². The van der Waals surface area contributed by atoms with Gasteiger partial charge in [0.1, 0.15) is 0 Å². The van der Waals surface area contributed by atoms with Gasteiger partial charge in [0, 0.05) is 43.8 Å². The summed E-state index contributed by atoms with van der Waals surface area (Å²) in [4.78, 5) is 32.5. The summed E-state index contributed by atoms with van der Waals surface area (Å²) in [6.07, 6.45) is 1.08. The maximum Gasteiger partial charge on any atom is 0.321 e. The Bertz CT molecular complexity index is 799. The van der Waals surface area contributed by atoms with Crippen LogP contribution >= 0.6 is 11.3 Å². The third kappa shape index (κ3) is 5.27. The summed E-state index contributed by atoms with van der Waals surface area (Å²) in [6, 6.07) is 7.11. The normalized spacial score (nSPS) is 14.9. The number of aromatic nitrogens is 1. The number of nitrogens with two attached hydrogens (primary N) is 1. The van der Waals surface area contributed by atoms with Gasteiger partial charge in [-0.05, 0) is 18.1 Å². The van der Waals surface area contributed by atoms with Gasteiger partial charge in [-0.3, -0.25) is 9.69 Å². The number of carbonyl (C=O) groups is 2. The fourth-order valence-corrected chi connectivity index (χ4v) is 3.84. The molecule has 0 unspecified atom stereocenters. The van der Waals surface area contributed by atoms with Crippen molar-refractivity contribution in [3.05, 3.63) is 45.9 Å². The molecule has 27 heavy (non-hydrogen) atoms. The first kappa shape index (κ1) is 19.3. The van der Waals surface area contributed by atoms with Crippen LogP contribution in [-0.2, 0) is 24.2 Å². The Morgan fingerprint density at radius 3 is 2.63 bits per heavy atom. The van der Waals surface area contributed by atoms with Crippen LogP contribution in [0.5, 0.6) is 0 Å². The Kier molecular flexibility index (Phi) is 6.41. The van der Waals surface area contributed by atoms with Crippen LogP contribution in [0.2, 0.25) is 0 Å². The number of amides is 3. The van der Waals surface area contributed by atoms with Crippen LogP contribution in [-0.4, -0.2) is 52.9 Å². The molecule has 3 N–H and O–H groups in total. The van der Waals surface area contributed by atoms with Gasteiger partial charge in [-0.2, -0.15) is 0 Å². The molecule has 0 atom stereocenters. The smallest absolute Gasteiger partial charge is 0.321 e. The number of primary amides is 1. The highest BCUT2D eigenvalue weighted by Gasteiger charge is 2.22. The number of hydrogen-bond acceptors (Lipinski definition) is 5. The molecule has 0 saturated carbocycles. The summed E-state index contributed by atoms with van der Waals surface area (Å²) in [6.45, 7) is 5.89. The number of nitrogens with zero attached hydrogens (tertiary/aromatic N) is 3. The Morgan fingerprint density at radius 2 is 1.96 bits per heavy atom. The van der Waals surface area contributed by atoms with Crippen molar-refractivity contribution in [1.29, 1.82) is 0 Å². The van der Waals surface area contributed by atoms with Crippen LogP contribution in [0.3, 0.4) is 0 Å². The Balaban J connectivity index is 1.52. The molecular formula is C19H25N5O2S. The van der Waals surface area contributed by atoms with Gasteiger partial charge in [0.25, 0.3) is 0 Å². The van der Waals surface area contributed by atoms with Gasteiger partial charge < -0.3 is 16.0 Å². The number of hydrogen-bond donors (Lipinski definition) is 2.